The highest BCUT2D eigenvalue weighted by Crippen LogP contribution is 2.31. The molecule has 0 amide bonds. The van der Waals surface area contributed by atoms with Gasteiger partial charge >= 0.3 is 6.18 Å². The maximum atomic E-state index is 12.9. The van der Waals surface area contributed by atoms with Gasteiger partial charge in [-0.3, -0.25) is 4.90 Å². The molecular formula is C23H28F3N5. The molecule has 166 valence electrons. The molecule has 1 aromatic carbocycles. The first-order valence-electron chi connectivity index (χ1n) is 10.8. The van der Waals surface area contributed by atoms with Crippen LogP contribution >= 0.6 is 0 Å². The van der Waals surface area contributed by atoms with Crippen molar-refractivity contribution >= 4 is 11.3 Å². The topological polar surface area (TPSA) is 35.8 Å². The van der Waals surface area contributed by atoms with Gasteiger partial charge in [-0.25, -0.2) is 4.98 Å². The molecular weight excluding hydrogens is 403 g/mol. The summed E-state index contributed by atoms with van der Waals surface area (Å²) in [5.74, 6) is 0. The number of anilines is 1. The number of aromatic nitrogens is 2. The van der Waals surface area contributed by atoms with E-state index in [0.717, 1.165) is 76.1 Å². The van der Waals surface area contributed by atoms with Crippen LogP contribution in [-0.2, 0) is 12.7 Å². The summed E-state index contributed by atoms with van der Waals surface area (Å²) >= 11 is 0. The van der Waals surface area contributed by atoms with Crippen LogP contribution < -0.4 is 10.2 Å². The number of piperazine rings is 1. The molecule has 0 radical (unpaired) electrons. The lowest BCUT2D eigenvalue weighted by molar-refractivity contribution is -0.137. The molecule has 1 aliphatic rings. The van der Waals surface area contributed by atoms with Crippen molar-refractivity contribution in [3.05, 3.63) is 66.1 Å². The Morgan fingerprint density at radius 1 is 0.968 bits per heavy atom. The summed E-state index contributed by atoms with van der Waals surface area (Å²) in [5, 5.41) is 3.48. The summed E-state index contributed by atoms with van der Waals surface area (Å²) < 4.78 is 40.9. The van der Waals surface area contributed by atoms with Gasteiger partial charge in [0.25, 0.3) is 0 Å². The molecule has 0 saturated carbocycles. The van der Waals surface area contributed by atoms with Gasteiger partial charge in [0.2, 0.25) is 0 Å². The van der Waals surface area contributed by atoms with Crippen LogP contribution in [0.3, 0.4) is 0 Å². The van der Waals surface area contributed by atoms with Crippen molar-refractivity contribution < 1.29 is 13.2 Å². The van der Waals surface area contributed by atoms with Crippen molar-refractivity contribution in [2.75, 3.05) is 44.2 Å². The Hall–Kier alpha value is -2.58. The van der Waals surface area contributed by atoms with Crippen LogP contribution in [-0.4, -0.2) is 53.6 Å². The summed E-state index contributed by atoms with van der Waals surface area (Å²) in [6, 6.07) is 11.6. The number of unbranched alkanes of at least 4 members (excludes halogenated alkanes) is 1. The number of fused-ring (bicyclic) bond motifs is 1. The highest BCUT2D eigenvalue weighted by atomic mass is 19.4. The molecule has 8 heteroatoms. The van der Waals surface area contributed by atoms with E-state index in [0.29, 0.717) is 5.69 Å². The summed E-state index contributed by atoms with van der Waals surface area (Å²) in [4.78, 5) is 8.84. The van der Waals surface area contributed by atoms with Crippen molar-refractivity contribution in [3.8, 4) is 0 Å². The molecule has 0 spiro atoms. The fraction of sp³-hybridized carbons (Fsp3) is 0.435. The lowest BCUT2D eigenvalue weighted by Crippen LogP contribution is -2.46. The molecule has 3 heterocycles. The number of pyridine rings is 1. The minimum Gasteiger partial charge on any atom is -0.369 e. The van der Waals surface area contributed by atoms with E-state index >= 15 is 0 Å². The number of nitrogens with zero attached hydrogens (tertiary/aromatic N) is 4. The van der Waals surface area contributed by atoms with Crippen LogP contribution in [0.2, 0.25) is 0 Å². The Balaban J connectivity index is 1.13. The third kappa shape index (κ3) is 5.57. The van der Waals surface area contributed by atoms with E-state index < -0.39 is 11.7 Å². The van der Waals surface area contributed by atoms with Gasteiger partial charge in [-0.05, 0) is 56.3 Å². The van der Waals surface area contributed by atoms with Crippen molar-refractivity contribution in [1.82, 2.24) is 19.6 Å². The van der Waals surface area contributed by atoms with Gasteiger partial charge < -0.3 is 14.6 Å². The van der Waals surface area contributed by atoms with Crippen LogP contribution in [0.15, 0.2) is 54.9 Å². The molecule has 0 aliphatic carbocycles. The van der Waals surface area contributed by atoms with Crippen molar-refractivity contribution in [3.63, 3.8) is 0 Å². The normalized spacial score (nSPS) is 15.6. The maximum Gasteiger partial charge on any atom is 0.416 e. The van der Waals surface area contributed by atoms with E-state index in [2.05, 4.69) is 19.6 Å². The second-order valence-corrected chi connectivity index (χ2v) is 7.94. The zero-order valence-corrected chi connectivity index (χ0v) is 17.5. The van der Waals surface area contributed by atoms with Crippen molar-refractivity contribution in [2.45, 2.75) is 25.6 Å². The number of alkyl halides is 3. The Labute approximate surface area is 180 Å². The predicted molar refractivity (Wildman–Crippen MR) is 116 cm³/mol. The number of imidazole rings is 1. The van der Waals surface area contributed by atoms with Gasteiger partial charge in [-0.15, -0.1) is 0 Å². The fourth-order valence-electron chi connectivity index (χ4n) is 4.03. The molecule has 1 aliphatic heterocycles. The van der Waals surface area contributed by atoms with Crippen molar-refractivity contribution in [2.24, 2.45) is 0 Å². The van der Waals surface area contributed by atoms with Gasteiger partial charge in [0.05, 0.1) is 17.5 Å². The molecule has 2 aromatic heterocycles. The van der Waals surface area contributed by atoms with E-state index in [9.17, 15) is 13.2 Å². The lowest BCUT2D eigenvalue weighted by Gasteiger charge is -2.36. The highest BCUT2D eigenvalue weighted by molar-refractivity contribution is 5.49. The second-order valence-electron chi connectivity index (χ2n) is 7.94. The van der Waals surface area contributed by atoms with Crippen molar-refractivity contribution in [1.29, 1.82) is 0 Å². The number of hydrogen-bond acceptors (Lipinski definition) is 4. The molecule has 1 fully saturated rings. The average Bonchev–Trinajstić information content (AvgIpc) is 3.19. The molecule has 4 rings (SSSR count). The Kier molecular flexibility index (Phi) is 6.77. The standard InChI is InChI=1S/C23H28F3N5/c24-23(25,26)19-6-5-7-20(16-19)30-14-12-29(13-15-30)10-4-2-9-27-17-21-18-28-22-8-1-3-11-31(21)22/h1,3,5-8,11,16,18,27H,2,4,9-10,12-15,17H2. The SMILES string of the molecule is FC(F)(F)c1cccc(N2CCN(CCCCNCc3cnc4ccccn34)CC2)c1. The number of hydrogen-bond donors (Lipinski definition) is 1. The Morgan fingerprint density at radius 2 is 1.81 bits per heavy atom. The average molecular weight is 432 g/mol. The molecule has 31 heavy (non-hydrogen) atoms. The van der Waals surface area contributed by atoms with Crippen LogP contribution in [0, 0.1) is 0 Å². The first-order valence-corrected chi connectivity index (χ1v) is 10.8. The maximum absolute atomic E-state index is 12.9. The van der Waals surface area contributed by atoms with E-state index in [4.69, 9.17) is 0 Å². The van der Waals surface area contributed by atoms with Gasteiger partial charge in [-0.2, -0.15) is 13.2 Å². The van der Waals surface area contributed by atoms with E-state index in [1.807, 2.05) is 35.5 Å². The van der Waals surface area contributed by atoms with Gasteiger partial charge in [0, 0.05) is 44.6 Å². The zero-order chi connectivity index (χ0) is 21.7. The predicted octanol–water partition coefficient (Wildman–Crippen LogP) is 4.05. The van der Waals surface area contributed by atoms with Gasteiger partial charge in [0.1, 0.15) is 5.65 Å². The van der Waals surface area contributed by atoms with Crippen LogP contribution in [0.5, 0.6) is 0 Å². The molecule has 5 nitrogen and oxygen atoms in total. The molecule has 0 unspecified atom stereocenters. The minimum atomic E-state index is -4.29. The van der Waals surface area contributed by atoms with Gasteiger partial charge in [0.15, 0.2) is 0 Å². The Bertz CT molecular complexity index is 977. The van der Waals surface area contributed by atoms with Crippen LogP contribution in [0.1, 0.15) is 24.1 Å². The van der Waals surface area contributed by atoms with E-state index in [1.54, 1.807) is 6.07 Å². The van der Waals surface area contributed by atoms with E-state index in [1.165, 1.54) is 12.1 Å². The summed E-state index contributed by atoms with van der Waals surface area (Å²) in [6.07, 6.45) is 1.83. The molecule has 1 saturated heterocycles. The van der Waals surface area contributed by atoms with Crippen LogP contribution in [0.4, 0.5) is 18.9 Å². The summed E-state index contributed by atoms with van der Waals surface area (Å²) in [5.41, 5.74) is 2.19. The third-order valence-corrected chi connectivity index (χ3v) is 5.79. The second kappa shape index (κ2) is 9.70. The highest BCUT2D eigenvalue weighted by Gasteiger charge is 2.31. The zero-order valence-electron chi connectivity index (χ0n) is 17.5. The minimum absolute atomic E-state index is 0.580. The Morgan fingerprint density at radius 3 is 2.61 bits per heavy atom. The largest absolute Gasteiger partial charge is 0.416 e. The van der Waals surface area contributed by atoms with E-state index in [-0.39, 0.29) is 0 Å². The quantitative estimate of drug-likeness (QED) is 0.546. The van der Waals surface area contributed by atoms with Crippen LogP contribution in [0.25, 0.3) is 5.65 Å². The fourth-order valence-corrected chi connectivity index (χ4v) is 4.03. The number of rotatable bonds is 8. The first kappa shape index (κ1) is 21.6. The number of nitrogens with one attached hydrogen (secondary N) is 1. The first-order chi connectivity index (χ1) is 15.0. The summed E-state index contributed by atoms with van der Waals surface area (Å²) in [6.45, 7) is 6.04. The molecule has 3 aromatic rings. The molecule has 0 atom stereocenters. The number of benzene rings is 1. The third-order valence-electron chi connectivity index (χ3n) is 5.79. The van der Waals surface area contributed by atoms with Gasteiger partial charge in [-0.1, -0.05) is 12.1 Å². The number of halogens is 3. The molecule has 0 bridgehead atoms. The lowest BCUT2D eigenvalue weighted by atomic mass is 10.1. The smallest absolute Gasteiger partial charge is 0.369 e. The monoisotopic (exact) mass is 431 g/mol. The molecule has 1 N–H and O–H groups in total. The summed E-state index contributed by atoms with van der Waals surface area (Å²) in [7, 11) is 0.